The lowest BCUT2D eigenvalue weighted by atomic mass is 10.1. The van der Waals surface area contributed by atoms with Gasteiger partial charge >= 0.3 is 0 Å². The Morgan fingerprint density at radius 3 is 2.54 bits per heavy atom. The monoisotopic (exact) mass is 475 g/mol. The molecule has 0 saturated heterocycles. The van der Waals surface area contributed by atoms with E-state index in [4.69, 9.17) is 9.47 Å². The van der Waals surface area contributed by atoms with Gasteiger partial charge in [-0.2, -0.15) is 4.98 Å². The van der Waals surface area contributed by atoms with Crippen LogP contribution in [-0.4, -0.2) is 62.7 Å². The van der Waals surface area contributed by atoms with Gasteiger partial charge in [-0.1, -0.05) is 19.9 Å². The van der Waals surface area contributed by atoms with E-state index < -0.39 is 0 Å². The molecule has 0 fully saturated rings. The van der Waals surface area contributed by atoms with Crippen LogP contribution in [0.4, 0.5) is 11.8 Å². The van der Waals surface area contributed by atoms with Crippen LogP contribution in [0.1, 0.15) is 37.2 Å². The van der Waals surface area contributed by atoms with Gasteiger partial charge in [0.2, 0.25) is 5.95 Å². The van der Waals surface area contributed by atoms with E-state index in [2.05, 4.69) is 39.2 Å². The molecule has 0 unspecified atom stereocenters. The Morgan fingerprint density at radius 1 is 1.03 bits per heavy atom. The summed E-state index contributed by atoms with van der Waals surface area (Å²) in [5.41, 5.74) is 2.80. The Morgan fingerprint density at radius 2 is 1.83 bits per heavy atom. The van der Waals surface area contributed by atoms with Gasteiger partial charge in [0, 0.05) is 31.0 Å². The third-order valence-corrected chi connectivity index (χ3v) is 5.38. The van der Waals surface area contributed by atoms with Crippen molar-refractivity contribution in [3.63, 3.8) is 0 Å². The highest BCUT2D eigenvalue weighted by Crippen LogP contribution is 2.30. The molecule has 0 bridgehead atoms. The number of carbonyl (C=O) groups excluding carboxylic acids is 1. The van der Waals surface area contributed by atoms with Crippen LogP contribution in [0.25, 0.3) is 16.8 Å². The zero-order valence-electron chi connectivity index (χ0n) is 20.4. The number of rotatable bonds is 10. The molecule has 35 heavy (non-hydrogen) atoms. The third-order valence-electron chi connectivity index (χ3n) is 5.38. The number of anilines is 2. The fourth-order valence-electron chi connectivity index (χ4n) is 3.76. The Bertz CT molecular complexity index is 1320. The highest BCUT2D eigenvalue weighted by molar-refractivity contribution is 5.92. The summed E-state index contributed by atoms with van der Waals surface area (Å²) in [6.07, 6.45) is 5.34. The third kappa shape index (κ3) is 5.32. The number of fused-ring (bicyclic) bond motifs is 1. The largest absolute Gasteiger partial charge is 0.491 e. The lowest BCUT2D eigenvalue weighted by Gasteiger charge is -2.21. The molecule has 0 atom stereocenters. The maximum absolute atomic E-state index is 12.9. The fourth-order valence-corrected chi connectivity index (χ4v) is 3.76. The van der Waals surface area contributed by atoms with Gasteiger partial charge in [0.15, 0.2) is 11.4 Å². The minimum atomic E-state index is -0.0755. The minimum Gasteiger partial charge on any atom is -0.491 e. The van der Waals surface area contributed by atoms with Gasteiger partial charge in [-0.3, -0.25) is 4.79 Å². The van der Waals surface area contributed by atoms with Crippen molar-refractivity contribution >= 4 is 23.3 Å². The SMILES string of the molecule is CCCN(CCC)C(=O)c1cccc(Nc2nc3cc(-c4cnc(OC)c(OC)c4)ccn3n2)n1. The van der Waals surface area contributed by atoms with Crippen molar-refractivity contribution in [2.45, 2.75) is 26.7 Å². The number of aromatic nitrogens is 5. The van der Waals surface area contributed by atoms with Gasteiger partial charge in [0.25, 0.3) is 11.8 Å². The molecule has 0 aromatic carbocycles. The van der Waals surface area contributed by atoms with Gasteiger partial charge in [0.1, 0.15) is 11.5 Å². The standard InChI is InChI=1S/C25H29N7O3/c1-5-11-31(12-6-2)24(33)19-8-7-9-21(27-19)28-25-29-22-15-17(10-13-32(22)30-25)18-14-20(34-3)23(35-4)26-16-18/h7-10,13-16H,5-6,11-12H2,1-4H3,(H,27,28,30). The Hall–Kier alpha value is -4.21. The maximum Gasteiger partial charge on any atom is 0.272 e. The van der Waals surface area contributed by atoms with Crippen LogP contribution in [0.15, 0.2) is 48.8 Å². The summed E-state index contributed by atoms with van der Waals surface area (Å²) in [6.45, 7) is 5.53. The molecule has 4 aromatic heterocycles. The van der Waals surface area contributed by atoms with Crippen LogP contribution in [0.3, 0.4) is 0 Å². The van der Waals surface area contributed by atoms with E-state index in [9.17, 15) is 4.79 Å². The molecule has 10 heteroatoms. The normalized spacial score (nSPS) is 10.9. The van der Waals surface area contributed by atoms with E-state index in [0.29, 0.717) is 47.8 Å². The van der Waals surface area contributed by atoms with Gasteiger partial charge in [-0.05, 0) is 48.7 Å². The number of carbonyl (C=O) groups is 1. The zero-order chi connectivity index (χ0) is 24.8. The zero-order valence-corrected chi connectivity index (χ0v) is 20.4. The van der Waals surface area contributed by atoms with Crippen molar-refractivity contribution in [2.75, 3.05) is 32.6 Å². The molecule has 0 spiro atoms. The van der Waals surface area contributed by atoms with Crippen molar-refractivity contribution in [3.05, 3.63) is 54.5 Å². The molecule has 4 heterocycles. The molecule has 0 aliphatic rings. The van der Waals surface area contributed by atoms with Crippen LogP contribution in [0, 0.1) is 0 Å². The first-order valence-corrected chi connectivity index (χ1v) is 11.5. The van der Waals surface area contributed by atoms with Crippen LogP contribution < -0.4 is 14.8 Å². The first-order valence-electron chi connectivity index (χ1n) is 11.5. The van der Waals surface area contributed by atoms with Crippen molar-refractivity contribution in [1.29, 1.82) is 0 Å². The highest BCUT2D eigenvalue weighted by Gasteiger charge is 2.16. The summed E-state index contributed by atoms with van der Waals surface area (Å²) in [7, 11) is 3.12. The second-order valence-electron chi connectivity index (χ2n) is 7.91. The summed E-state index contributed by atoms with van der Waals surface area (Å²) >= 11 is 0. The van der Waals surface area contributed by atoms with Crippen molar-refractivity contribution in [1.82, 2.24) is 29.5 Å². The van der Waals surface area contributed by atoms with Crippen LogP contribution in [0.2, 0.25) is 0 Å². The molecule has 10 nitrogen and oxygen atoms in total. The van der Waals surface area contributed by atoms with Crippen molar-refractivity contribution < 1.29 is 14.3 Å². The molecule has 0 saturated carbocycles. The molecule has 0 aliphatic carbocycles. The number of nitrogens with one attached hydrogen (secondary N) is 1. The first-order chi connectivity index (χ1) is 17.1. The van der Waals surface area contributed by atoms with Gasteiger partial charge in [-0.15, -0.1) is 5.10 Å². The van der Waals surface area contributed by atoms with Crippen LogP contribution in [-0.2, 0) is 0 Å². The predicted octanol–water partition coefficient (Wildman–Crippen LogP) is 4.21. The number of ether oxygens (including phenoxy) is 2. The highest BCUT2D eigenvalue weighted by atomic mass is 16.5. The predicted molar refractivity (Wildman–Crippen MR) is 133 cm³/mol. The molecular weight excluding hydrogens is 446 g/mol. The summed E-state index contributed by atoms with van der Waals surface area (Å²) in [5, 5.41) is 7.58. The van der Waals surface area contributed by atoms with Gasteiger partial charge in [0.05, 0.1) is 14.2 Å². The molecule has 0 radical (unpaired) electrons. The molecule has 4 rings (SSSR count). The molecule has 4 aromatic rings. The summed E-state index contributed by atoms with van der Waals surface area (Å²) in [6, 6.07) is 11.0. The summed E-state index contributed by atoms with van der Waals surface area (Å²) in [4.78, 5) is 28.1. The van der Waals surface area contributed by atoms with E-state index in [1.165, 1.54) is 0 Å². The minimum absolute atomic E-state index is 0.0755. The molecule has 1 amide bonds. The second-order valence-corrected chi connectivity index (χ2v) is 7.91. The fraction of sp³-hybridized carbons (Fsp3) is 0.320. The van der Waals surface area contributed by atoms with E-state index >= 15 is 0 Å². The summed E-state index contributed by atoms with van der Waals surface area (Å²) < 4.78 is 12.2. The lowest BCUT2D eigenvalue weighted by molar-refractivity contribution is 0.0750. The van der Waals surface area contributed by atoms with E-state index in [1.807, 2.05) is 29.3 Å². The smallest absolute Gasteiger partial charge is 0.272 e. The topological polar surface area (TPSA) is 107 Å². The molecule has 1 N–H and O–H groups in total. The quantitative estimate of drug-likeness (QED) is 0.364. The van der Waals surface area contributed by atoms with E-state index in [1.54, 1.807) is 43.1 Å². The van der Waals surface area contributed by atoms with E-state index in [-0.39, 0.29) is 5.91 Å². The molecular formula is C25H29N7O3. The summed E-state index contributed by atoms with van der Waals surface area (Å²) in [5.74, 6) is 1.78. The second kappa shape index (κ2) is 10.8. The van der Waals surface area contributed by atoms with Crippen LogP contribution >= 0.6 is 0 Å². The average Bonchev–Trinajstić information content (AvgIpc) is 3.29. The first kappa shape index (κ1) is 23.9. The van der Waals surface area contributed by atoms with Gasteiger partial charge < -0.3 is 19.7 Å². The number of pyridine rings is 3. The number of hydrogen-bond donors (Lipinski definition) is 1. The lowest BCUT2D eigenvalue weighted by Crippen LogP contribution is -2.33. The van der Waals surface area contributed by atoms with E-state index in [0.717, 1.165) is 24.0 Å². The Kier molecular flexibility index (Phi) is 7.39. The number of methoxy groups -OCH3 is 2. The molecule has 182 valence electrons. The Labute approximate surface area is 203 Å². The van der Waals surface area contributed by atoms with Gasteiger partial charge in [-0.25, -0.2) is 14.5 Å². The van der Waals surface area contributed by atoms with Crippen molar-refractivity contribution in [2.24, 2.45) is 0 Å². The number of amides is 1. The maximum atomic E-state index is 12.9. The molecule has 0 aliphatic heterocycles. The number of nitrogens with zero attached hydrogens (tertiary/aromatic N) is 6. The van der Waals surface area contributed by atoms with Crippen molar-refractivity contribution in [3.8, 4) is 22.8 Å². The average molecular weight is 476 g/mol. The van der Waals surface area contributed by atoms with Crippen LogP contribution in [0.5, 0.6) is 11.6 Å². The Balaban J connectivity index is 1.56. The number of hydrogen-bond acceptors (Lipinski definition) is 8.